The van der Waals surface area contributed by atoms with Gasteiger partial charge in [-0.2, -0.15) is 0 Å². The summed E-state index contributed by atoms with van der Waals surface area (Å²) in [5, 5.41) is 0. The molecule has 2 aliphatic rings. The fourth-order valence-corrected chi connectivity index (χ4v) is 4.03. The minimum atomic E-state index is 0.112. The van der Waals surface area contributed by atoms with Crippen molar-refractivity contribution in [3.8, 4) is 0 Å². The second kappa shape index (κ2) is 6.74. The lowest BCUT2D eigenvalue weighted by molar-refractivity contribution is -0.136. The van der Waals surface area contributed by atoms with Crippen molar-refractivity contribution in [1.29, 1.82) is 0 Å². The summed E-state index contributed by atoms with van der Waals surface area (Å²) in [6, 6.07) is 0.510. The summed E-state index contributed by atoms with van der Waals surface area (Å²) >= 11 is 0. The van der Waals surface area contributed by atoms with E-state index in [2.05, 4.69) is 11.8 Å². The van der Waals surface area contributed by atoms with Crippen LogP contribution in [0.2, 0.25) is 0 Å². The molecule has 2 N–H and O–H groups in total. The maximum absolute atomic E-state index is 12.7. The molecule has 110 valence electrons. The van der Waals surface area contributed by atoms with Crippen LogP contribution in [0, 0.1) is 5.41 Å². The maximum Gasteiger partial charge on any atom is 0.223 e. The van der Waals surface area contributed by atoms with Crippen molar-refractivity contribution in [2.45, 2.75) is 77.2 Å². The highest BCUT2D eigenvalue weighted by Gasteiger charge is 2.35. The smallest absolute Gasteiger partial charge is 0.223 e. The highest BCUT2D eigenvalue weighted by molar-refractivity contribution is 5.77. The quantitative estimate of drug-likeness (QED) is 0.831. The fourth-order valence-electron chi connectivity index (χ4n) is 4.03. The SMILES string of the molecule is CCN(C(=O)CC1(CN)CCCCC1)C1CCCC1. The number of hydrogen-bond donors (Lipinski definition) is 1. The van der Waals surface area contributed by atoms with Gasteiger partial charge in [-0.05, 0) is 44.6 Å². The van der Waals surface area contributed by atoms with Crippen LogP contribution in [0.5, 0.6) is 0 Å². The van der Waals surface area contributed by atoms with Crippen LogP contribution in [-0.2, 0) is 4.79 Å². The van der Waals surface area contributed by atoms with Gasteiger partial charge in [0.05, 0.1) is 0 Å². The Labute approximate surface area is 117 Å². The summed E-state index contributed by atoms with van der Waals surface area (Å²) in [5.41, 5.74) is 6.12. The van der Waals surface area contributed by atoms with Crippen molar-refractivity contribution in [2.24, 2.45) is 11.1 Å². The molecule has 2 fully saturated rings. The zero-order valence-electron chi connectivity index (χ0n) is 12.5. The first-order valence-corrected chi connectivity index (χ1v) is 8.20. The highest BCUT2D eigenvalue weighted by Crippen LogP contribution is 2.39. The van der Waals surface area contributed by atoms with E-state index in [0.717, 1.165) is 19.4 Å². The molecule has 0 aromatic heterocycles. The Morgan fingerprint density at radius 2 is 1.79 bits per heavy atom. The molecule has 0 saturated heterocycles. The number of carbonyl (C=O) groups is 1. The van der Waals surface area contributed by atoms with Crippen molar-refractivity contribution in [2.75, 3.05) is 13.1 Å². The Bertz CT molecular complexity index is 291. The third-order valence-corrected chi connectivity index (χ3v) is 5.30. The number of amides is 1. The van der Waals surface area contributed by atoms with Crippen LogP contribution in [0.15, 0.2) is 0 Å². The van der Waals surface area contributed by atoms with Crippen molar-refractivity contribution < 1.29 is 4.79 Å². The standard InChI is InChI=1S/C16H30N2O/c1-2-18(14-8-4-5-9-14)15(19)12-16(13-17)10-6-3-7-11-16/h14H,2-13,17H2,1H3. The fraction of sp³-hybridized carbons (Fsp3) is 0.938. The molecule has 0 bridgehead atoms. The first-order valence-electron chi connectivity index (χ1n) is 8.20. The van der Waals surface area contributed by atoms with Crippen LogP contribution in [0.1, 0.15) is 71.1 Å². The van der Waals surface area contributed by atoms with Gasteiger partial charge in [0, 0.05) is 19.0 Å². The third-order valence-electron chi connectivity index (χ3n) is 5.30. The van der Waals surface area contributed by atoms with Crippen molar-refractivity contribution >= 4 is 5.91 Å². The Kier molecular flexibility index (Phi) is 5.26. The van der Waals surface area contributed by atoms with E-state index in [1.165, 1.54) is 44.9 Å². The van der Waals surface area contributed by atoms with Crippen LogP contribution in [0.25, 0.3) is 0 Å². The molecule has 2 saturated carbocycles. The second-order valence-corrected chi connectivity index (χ2v) is 6.56. The molecule has 3 nitrogen and oxygen atoms in total. The molecule has 1 amide bonds. The molecule has 3 heteroatoms. The largest absolute Gasteiger partial charge is 0.340 e. The van der Waals surface area contributed by atoms with E-state index in [1.807, 2.05) is 0 Å². The molecule has 0 aromatic carbocycles. The van der Waals surface area contributed by atoms with E-state index in [9.17, 15) is 4.79 Å². The van der Waals surface area contributed by atoms with Gasteiger partial charge in [-0.1, -0.05) is 32.1 Å². The Balaban J connectivity index is 1.96. The van der Waals surface area contributed by atoms with Gasteiger partial charge < -0.3 is 10.6 Å². The van der Waals surface area contributed by atoms with Gasteiger partial charge in [-0.3, -0.25) is 4.79 Å². The van der Waals surface area contributed by atoms with Gasteiger partial charge in [0.1, 0.15) is 0 Å². The summed E-state index contributed by atoms with van der Waals surface area (Å²) in [5.74, 6) is 0.363. The zero-order chi connectivity index (χ0) is 13.7. The van der Waals surface area contributed by atoms with Gasteiger partial charge >= 0.3 is 0 Å². The van der Waals surface area contributed by atoms with Gasteiger partial charge in [-0.25, -0.2) is 0 Å². The topological polar surface area (TPSA) is 46.3 Å². The number of carbonyl (C=O) groups excluding carboxylic acids is 1. The average molecular weight is 266 g/mol. The minimum absolute atomic E-state index is 0.112. The molecule has 0 spiro atoms. The predicted octanol–water partition coefficient (Wildman–Crippen LogP) is 3.08. The Hall–Kier alpha value is -0.570. The van der Waals surface area contributed by atoms with E-state index in [-0.39, 0.29) is 5.41 Å². The first kappa shape index (κ1) is 14.8. The van der Waals surface area contributed by atoms with Crippen molar-refractivity contribution in [3.63, 3.8) is 0 Å². The van der Waals surface area contributed by atoms with Gasteiger partial charge in [-0.15, -0.1) is 0 Å². The van der Waals surface area contributed by atoms with Gasteiger partial charge in [0.2, 0.25) is 5.91 Å². The Morgan fingerprint density at radius 1 is 1.16 bits per heavy atom. The van der Waals surface area contributed by atoms with E-state index in [0.29, 0.717) is 24.9 Å². The number of rotatable bonds is 5. The summed E-state index contributed by atoms with van der Waals surface area (Å²) in [7, 11) is 0. The number of hydrogen-bond acceptors (Lipinski definition) is 2. The molecule has 2 aliphatic carbocycles. The molecule has 2 rings (SSSR count). The average Bonchev–Trinajstić information content (AvgIpc) is 2.94. The van der Waals surface area contributed by atoms with Crippen molar-refractivity contribution in [1.82, 2.24) is 4.90 Å². The summed E-state index contributed by atoms with van der Waals surface area (Å²) in [6.07, 6.45) is 11.8. The second-order valence-electron chi connectivity index (χ2n) is 6.56. The molecule has 0 radical (unpaired) electrons. The lowest BCUT2D eigenvalue weighted by atomic mass is 9.71. The first-order chi connectivity index (χ1) is 9.21. The van der Waals surface area contributed by atoms with E-state index in [1.54, 1.807) is 0 Å². The molecular formula is C16H30N2O. The van der Waals surface area contributed by atoms with Crippen LogP contribution < -0.4 is 5.73 Å². The lowest BCUT2D eigenvalue weighted by Crippen LogP contribution is -2.44. The molecule has 0 atom stereocenters. The third kappa shape index (κ3) is 3.50. The number of nitrogens with zero attached hydrogens (tertiary/aromatic N) is 1. The van der Waals surface area contributed by atoms with Gasteiger partial charge in [0.25, 0.3) is 0 Å². The van der Waals surface area contributed by atoms with Crippen LogP contribution in [0.3, 0.4) is 0 Å². The van der Waals surface area contributed by atoms with Crippen molar-refractivity contribution in [3.05, 3.63) is 0 Å². The summed E-state index contributed by atoms with van der Waals surface area (Å²) in [4.78, 5) is 14.8. The summed E-state index contributed by atoms with van der Waals surface area (Å²) in [6.45, 7) is 3.66. The Morgan fingerprint density at radius 3 is 2.32 bits per heavy atom. The highest BCUT2D eigenvalue weighted by atomic mass is 16.2. The van der Waals surface area contributed by atoms with Crippen LogP contribution in [0.4, 0.5) is 0 Å². The molecule has 0 aliphatic heterocycles. The summed E-state index contributed by atoms with van der Waals surface area (Å²) < 4.78 is 0. The molecule has 0 aromatic rings. The normalized spacial score (nSPS) is 23.5. The lowest BCUT2D eigenvalue weighted by Gasteiger charge is -2.38. The maximum atomic E-state index is 12.7. The number of nitrogens with two attached hydrogens (primary N) is 1. The van der Waals surface area contributed by atoms with E-state index < -0.39 is 0 Å². The van der Waals surface area contributed by atoms with Crippen LogP contribution in [-0.4, -0.2) is 29.9 Å². The monoisotopic (exact) mass is 266 g/mol. The molecule has 0 unspecified atom stereocenters. The van der Waals surface area contributed by atoms with Crippen LogP contribution >= 0.6 is 0 Å². The minimum Gasteiger partial charge on any atom is -0.340 e. The van der Waals surface area contributed by atoms with Gasteiger partial charge in [0.15, 0.2) is 0 Å². The molecule has 19 heavy (non-hydrogen) atoms. The zero-order valence-corrected chi connectivity index (χ0v) is 12.5. The molecular weight excluding hydrogens is 236 g/mol. The predicted molar refractivity (Wildman–Crippen MR) is 78.8 cm³/mol. The molecule has 0 heterocycles. The van der Waals surface area contributed by atoms with E-state index in [4.69, 9.17) is 5.73 Å². The van der Waals surface area contributed by atoms with E-state index >= 15 is 0 Å².